The lowest BCUT2D eigenvalue weighted by Gasteiger charge is -2.20. The SMILES string of the molecule is O=[N+]([O-])c1ccc2c(c1)C(C1OCCO1)c1cc(OC=S)ccc1-2. The van der Waals surface area contributed by atoms with Crippen molar-refractivity contribution in [2.75, 3.05) is 13.2 Å². The number of nitrogens with zero attached hydrogens (tertiary/aromatic N) is 1. The normalized spacial score (nSPS) is 18.9. The van der Waals surface area contributed by atoms with Crippen LogP contribution in [0.3, 0.4) is 0 Å². The molecule has 6 nitrogen and oxygen atoms in total. The second-order valence-electron chi connectivity index (χ2n) is 5.58. The van der Waals surface area contributed by atoms with Crippen LogP contribution in [0, 0.1) is 10.1 Å². The monoisotopic (exact) mass is 343 g/mol. The Balaban J connectivity index is 1.88. The Morgan fingerprint density at radius 2 is 1.79 bits per heavy atom. The highest BCUT2D eigenvalue weighted by molar-refractivity contribution is 7.78. The fourth-order valence-corrected chi connectivity index (χ4v) is 3.48. The summed E-state index contributed by atoms with van der Waals surface area (Å²) < 4.78 is 16.7. The first-order valence-electron chi connectivity index (χ1n) is 7.45. The molecule has 0 radical (unpaired) electrons. The van der Waals surface area contributed by atoms with Gasteiger partial charge in [0.05, 0.1) is 24.1 Å². The quantitative estimate of drug-likeness (QED) is 0.481. The number of benzene rings is 2. The molecule has 2 aromatic carbocycles. The Labute approximate surface area is 143 Å². The van der Waals surface area contributed by atoms with E-state index in [2.05, 4.69) is 0 Å². The minimum atomic E-state index is -0.463. The highest BCUT2D eigenvalue weighted by atomic mass is 32.1. The number of hydrogen-bond donors (Lipinski definition) is 0. The predicted molar refractivity (Wildman–Crippen MR) is 90.4 cm³/mol. The average Bonchev–Trinajstić information content (AvgIpc) is 3.19. The van der Waals surface area contributed by atoms with Crippen LogP contribution in [0.4, 0.5) is 5.69 Å². The van der Waals surface area contributed by atoms with Crippen molar-refractivity contribution in [2.24, 2.45) is 0 Å². The maximum absolute atomic E-state index is 11.1. The number of nitro benzene ring substituents is 1. The topological polar surface area (TPSA) is 70.8 Å². The van der Waals surface area contributed by atoms with Crippen LogP contribution in [0.5, 0.6) is 5.75 Å². The van der Waals surface area contributed by atoms with Crippen molar-refractivity contribution < 1.29 is 19.1 Å². The van der Waals surface area contributed by atoms with Crippen LogP contribution < -0.4 is 4.74 Å². The van der Waals surface area contributed by atoms with Crippen molar-refractivity contribution in [2.45, 2.75) is 12.2 Å². The van der Waals surface area contributed by atoms with Crippen LogP contribution in [0.2, 0.25) is 0 Å². The maximum Gasteiger partial charge on any atom is 0.269 e. The molecular weight excluding hydrogens is 330 g/mol. The average molecular weight is 343 g/mol. The standard InChI is InChI=1S/C17H13NO5S/c19-18(20)10-1-3-12-13-4-2-11(23-9-24)8-15(13)16(14(12)7-10)17-21-5-6-22-17/h1-4,7-9,16-17H,5-6H2. The summed E-state index contributed by atoms with van der Waals surface area (Å²) in [5.41, 5.74) is 5.01. The van der Waals surface area contributed by atoms with Gasteiger partial charge in [-0.05, 0) is 52.7 Å². The van der Waals surface area contributed by atoms with Gasteiger partial charge in [0.1, 0.15) is 5.75 Å². The first-order chi connectivity index (χ1) is 11.7. The van der Waals surface area contributed by atoms with E-state index in [4.69, 9.17) is 26.4 Å². The van der Waals surface area contributed by atoms with Crippen molar-refractivity contribution >= 4 is 23.5 Å². The van der Waals surface area contributed by atoms with Crippen molar-refractivity contribution in [1.29, 1.82) is 0 Å². The zero-order chi connectivity index (χ0) is 16.7. The summed E-state index contributed by atoms with van der Waals surface area (Å²) in [5, 5.41) is 11.1. The van der Waals surface area contributed by atoms with Gasteiger partial charge in [-0.2, -0.15) is 0 Å². The van der Waals surface area contributed by atoms with E-state index >= 15 is 0 Å². The molecule has 0 amide bonds. The van der Waals surface area contributed by atoms with E-state index in [9.17, 15) is 10.1 Å². The van der Waals surface area contributed by atoms with Crippen LogP contribution in [0.25, 0.3) is 11.1 Å². The van der Waals surface area contributed by atoms with Crippen LogP contribution in [-0.4, -0.2) is 30.0 Å². The van der Waals surface area contributed by atoms with E-state index in [0.29, 0.717) is 19.0 Å². The number of nitro groups is 1. The number of ether oxygens (including phenoxy) is 3. The van der Waals surface area contributed by atoms with Crippen LogP contribution in [0.1, 0.15) is 17.0 Å². The van der Waals surface area contributed by atoms with Gasteiger partial charge >= 0.3 is 0 Å². The molecule has 122 valence electrons. The molecule has 1 atom stereocenters. The van der Waals surface area contributed by atoms with Crippen LogP contribution in [0.15, 0.2) is 36.4 Å². The van der Waals surface area contributed by atoms with Crippen molar-refractivity contribution in [3.63, 3.8) is 0 Å². The van der Waals surface area contributed by atoms with Gasteiger partial charge in [0.2, 0.25) is 0 Å². The van der Waals surface area contributed by atoms with Crippen molar-refractivity contribution in [3.05, 3.63) is 57.6 Å². The van der Waals surface area contributed by atoms with Crippen molar-refractivity contribution in [1.82, 2.24) is 0 Å². The first-order valence-corrected chi connectivity index (χ1v) is 7.92. The Morgan fingerprint density at radius 1 is 1.12 bits per heavy atom. The largest absolute Gasteiger partial charge is 0.454 e. The molecule has 1 fully saturated rings. The van der Waals surface area contributed by atoms with Gasteiger partial charge in [-0.25, -0.2) is 0 Å². The minimum absolute atomic E-state index is 0.0555. The van der Waals surface area contributed by atoms with Gasteiger partial charge in [0.25, 0.3) is 5.69 Å². The Hall–Kier alpha value is -2.35. The van der Waals surface area contributed by atoms with E-state index in [1.54, 1.807) is 12.1 Å². The summed E-state index contributed by atoms with van der Waals surface area (Å²) in [5.74, 6) is 0.389. The fraction of sp³-hybridized carbons (Fsp3) is 0.235. The summed E-state index contributed by atoms with van der Waals surface area (Å²) in [6.45, 7) is 1.02. The molecule has 0 bridgehead atoms. The molecule has 1 aliphatic carbocycles. The Bertz CT molecular complexity index is 832. The molecule has 7 heteroatoms. The molecule has 2 aliphatic rings. The smallest absolute Gasteiger partial charge is 0.269 e. The highest BCUT2D eigenvalue weighted by Gasteiger charge is 2.38. The molecule has 4 rings (SSSR count). The molecule has 1 aliphatic heterocycles. The third-order valence-corrected chi connectivity index (χ3v) is 4.43. The number of rotatable bonds is 4. The molecule has 24 heavy (non-hydrogen) atoms. The summed E-state index contributed by atoms with van der Waals surface area (Å²) in [6, 6.07) is 10.5. The van der Waals surface area contributed by atoms with Gasteiger partial charge in [-0.15, -0.1) is 0 Å². The summed E-state index contributed by atoms with van der Waals surface area (Å²) in [7, 11) is 0. The summed E-state index contributed by atoms with van der Waals surface area (Å²) >= 11 is 4.74. The molecule has 0 spiro atoms. The van der Waals surface area contributed by atoms with E-state index in [1.165, 1.54) is 11.6 Å². The van der Waals surface area contributed by atoms with Gasteiger partial charge in [-0.3, -0.25) is 10.1 Å². The molecule has 0 saturated carbocycles. The first kappa shape index (κ1) is 15.2. The van der Waals surface area contributed by atoms with E-state index in [1.807, 2.05) is 18.2 Å². The third-order valence-electron chi connectivity index (χ3n) is 4.33. The maximum atomic E-state index is 11.1. The van der Waals surface area contributed by atoms with E-state index in [-0.39, 0.29) is 11.6 Å². The van der Waals surface area contributed by atoms with Gasteiger partial charge in [-0.1, -0.05) is 6.07 Å². The summed E-state index contributed by atoms with van der Waals surface area (Å²) in [6.07, 6.45) is -0.463. The zero-order valence-electron chi connectivity index (χ0n) is 12.5. The molecule has 0 N–H and O–H groups in total. The van der Waals surface area contributed by atoms with Gasteiger partial charge in [0.15, 0.2) is 11.8 Å². The lowest BCUT2D eigenvalue weighted by Crippen LogP contribution is -2.19. The van der Waals surface area contributed by atoms with Crippen LogP contribution in [-0.2, 0) is 9.47 Å². The molecule has 1 heterocycles. The van der Waals surface area contributed by atoms with Gasteiger partial charge in [0, 0.05) is 12.1 Å². The molecule has 0 aromatic heterocycles. The molecule has 2 aromatic rings. The van der Waals surface area contributed by atoms with Crippen LogP contribution >= 0.6 is 12.2 Å². The summed E-state index contributed by atoms with van der Waals surface area (Å²) in [4.78, 5) is 10.8. The molecular formula is C17H13NO5S. The second-order valence-corrected chi connectivity index (χ2v) is 5.77. The number of non-ortho nitro benzene ring substituents is 1. The molecule has 1 unspecified atom stereocenters. The van der Waals surface area contributed by atoms with Crippen molar-refractivity contribution in [3.8, 4) is 16.9 Å². The highest BCUT2D eigenvalue weighted by Crippen LogP contribution is 2.49. The number of fused-ring (bicyclic) bond motifs is 3. The Morgan fingerprint density at radius 3 is 2.46 bits per heavy atom. The van der Waals surface area contributed by atoms with Gasteiger partial charge < -0.3 is 14.2 Å². The lowest BCUT2D eigenvalue weighted by atomic mass is 9.96. The fourth-order valence-electron chi connectivity index (χ4n) is 3.37. The zero-order valence-corrected chi connectivity index (χ0v) is 13.3. The predicted octanol–water partition coefficient (Wildman–Crippen LogP) is 3.42. The number of thiocarbonyl (C=S) groups is 1. The van der Waals surface area contributed by atoms with E-state index in [0.717, 1.165) is 22.3 Å². The minimum Gasteiger partial charge on any atom is -0.454 e. The third kappa shape index (κ3) is 2.37. The lowest BCUT2D eigenvalue weighted by molar-refractivity contribution is -0.384. The molecule has 1 saturated heterocycles. The second kappa shape index (κ2) is 5.94. The van der Waals surface area contributed by atoms with E-state index < -0.39 is 11.2 Å². The Kier molecular flexibility index (Phi) is 3.76. The number of hydrogen-bond acceptors (Lipinski definition) is 6.